The highest BCUT2D eigenvalue weighted by atomic mass is 79.9. The van der Waals surface area contributed by atoms with Crippen molar-refractivity contribution in [3.8, 4) is 0 Å². The summed E-state index contributed by atoms with van der Waals surface area (Å²) < 4.78 is 1.14. The lowest BCUT2D eigenvalue weighted by atomic mass is 10.00. The van der Waals surface area contributed by atoms with Gasteiger partial charge in [0.2, 0.25) is 0 Å². The van der Waals surface area contributed by atoms with E-state index in [2.05, 4.69) is 44.5 Å². The van der Waals surface area contributed by atoms with E-state index < -0.39 is 0 Å². The molecule has 2 rings (SSSR count). The first-order chi connectivity index (χ1) is 9.29. The van der Waals surface area contributed by atoms with Crippen molar-refractivity contribution in [1.29, 1.82) is 0 Å². The van der Waals surface area contributed by atoms with Crippen LogP contribution >= 0.6 is 15.9 Å². The second-order valence-corrected chi connectivity index (χ2v) is 5.41. The van der Waals surface area contributed by atoms with Crippen LogP contribution in [0.25, 0.3) is 0 Å². The first-order valence-electron chi connectivity index (χ1n) is 6.38. The lowest BCUT2D eigenvalue weighted by Gasteiger charge is -2.16. The fourth-order valence-corrected chi connectivity index (χ4v) is 2.51. The van der Waals surface area contributed by atoms with E-state index in [0.29, 0.717) is 0 Å². The number of aryl methyl sites for hydroxylation is 1. The molecular weight excluding hydrogens is 302 g/mol. The number of halogens is 1. The Balaban J connectivity index is 1.92. The van der Waals surface area contributed by atoms with E-state index in [-0.39, 0.29) is 6.04 Å². The number of pyridine rings is 1. The number of aromatic nitrogens is 1. The fourth-order valence-electron chi connectivity index (χ4n) is 2.06. The summed E-state index contributed by atoms with van der Waals surface area (Å²) in [6.45, 7) is 0. The lowest BCUT2D eigenvalue weighted by Crippen LogP contribution is -2.37. The highest BCUT2D eigenvalue weighted by Gasteiger charge is 2.09. The van der Waals surface area contributed by atoms with Crippen molar-refractivity contribution in [1.82, 2.24) is 10.4 Å². The van der Waals surface area contributed by atoms with Gasteiger partial charge in [-0.15, -0.1) is 0 Å². The van der Waals surface area contributed by atoms with Crippen LogP contribution in [0.1, 0.15) is 17.5 Å². The SMILES string of the molecule is NNC(CCc1ccncc1)Cc1ccccc1Br. The van der Waals surface area contributed by atoms with Gasteiger partial charge in [-0.3, -0.25) is 16.3 Å². The number of benzene rings is 1. The summed E-state index contributed by atoms with van der Waals surface area (Å²) in [4.78, 5) is 4.03. The van der Waals surface area contributed by atoms with Crippen LogP contribution in [-0.2, 0) is 12.8 Å². The van der Waals surface area contributed by atoms with Gasteiger partial charge in [0.25, 0.3) is 0 Å². The molecule has 0 saturated heterocycles. The Morgan fingerprint density at radius 3 is 2.58 bits per heavy atom. The molecule has 1 aromatic heterocycles. The minimum Gasteiger partial charge on any atom is -0.271 e. The van der Waals surface area contributed by atoms with E-state index in [1.165, 1.54) is 11.1 Å². The number of nitrogens with zero attached hydrogens (tertiary/aromatic N) is 1. The number of hydrazine groups is 1. The largest absolute Gasteiger partial charge is 0.271 e. The Bertz CT molecular complexity index is 502. The molecule has 3 nitrogen and oxygen atoms in total. The Labute approximate surface area is 122 Å². The summed E-state index contributed by atoms with van der Waals surface area (Å²) in [5.41, 5.74) is 5.48. The zero-order valence-corrected chi connectivity index (χ0v) is 12.3. The quantitative estimate of drug-likeness (QED) is 0.636. The number of hydrogen-bond donors (Lipinski definition) is 2. The van der Waals surface area contributed by atoms with Crippen molar-refractivity contribution in [2.75, 3.05) is 0 Å². The van der Waals surface area contributed by atoms with E-state index in [1.54, 1.807) is 0 Å². The molecule has 0 aliphatic heterocycles. The molecule has 100 valence electrons. The number of nitrogens with two attached hydrogens (primary N) is 1. The molecule has 0 aliphatic rings. The monoisotopic (exact) mass is 319 g/mol. The molecule has 2 aromatic rings. The van der Waals surface area contributed by atoms with Gasteiger partial charge in [-0.05, 0) is 48.6 Å². The van der Waals surface area contributed by atoms with Crippen LogP contribution in [0.15, 0.2) is 53.3 Å². The molecule has 0 fully saturated rings. The van der Waals surface area contributed by atoms with Gasteiger partial charge in [-0.2, -0.15) is 0 Å². The molecule has 0 bridgehead atoms. The van der Waals surface area contributed by atoms with Gasteiger partial charge < -0.3 is 0 Å². The zero-order valence-electron chi connectivity index (χ0n) is 10.7. The number of hydrogen-bond acceptors (Lipinski definition) is 3. The molecule has 0 saturated carbocycles. The molecule has 19 heavy (non-hydrogen) atoms. The minimum atomic E-state index is 0.270. The highest BCUT2D eigenvalue weighted by Crippen LogP contribution is 2.18. The minimum absolute atomic E-state index is 0.270. The van der Waals surface area contributed by atoms with Crippen molar-refractivity contribution in [2.45, 2.75) is 25.3 Å². The third-order valence-corrected chi connectivity index (χ3v) is 3.96. The average Bonchev–Trinajstić information content (AvgIpc) is 2.46. The molecule has 1 heterocycles. The van der Waals surface area contributed by atoms with Crippen LogP contribution in [0, 0.1) is 0 Å². The molecule has 0 radical (unpaired) electrons. The zero-order chi connectivity index (χ0) is 13.5. The highest BCUT2D eigenvalue weighted by molar-refractivity contribution is 9.10. The first kappa shape index (κ1) is 14.2. The van der Waals surface area contributed by atoms with Crippen molar-refractivity contribution >= 4 is 15.9 Å². The molecule has 3 N–H and O–H groups in total. The Kier molecular flexibility index (Phi) is 5.51. The van der Waals surface area contributed by atoms with Crippen molar-refractivity contribution in [3.63, 3.8) is 0 Å². The first-order valence-corrected chi connectivity index (χ1v) is 7.17. The summed E-state index contributed by atoms with van der Waals surface area (Å²) in [5.74, 6) is 5.66. The lowest BCUT2D eigenvalue weighted by molar-refractivity contribution is 0.491. The summed E-state index contributed by atoms with van der Waals surface area (Å²) in [5, 5.41) is 0. The van der Waals surface area contributed by atoms with Gasteiger partial charge >= 0.3 is 0 Å². The van der Waals surface area contributed by atoms with Crippen molar-refractivity contribution < 1.29 is 0 Å². The normalized spacial score (nSPS) is 12.3. The van der Waals surface area contributed by atoms with E-state index in [0.717, 1.165) is 23.7 Å². The average molecular weight is 320 g/mol. The second-order valence-electron chi connectivity index (χ2n) is 4.55. The number of nitrogens with one attached hydrogen (secondary N) is 1. The van der Waals surface area contributed by atoms with Gasteiger partial charge in [0.1, 0.15) is 0 Å². The van der Waals surface area contributed by atoms with Gasteiger partial charge in [0.15, 0.2) is 0 Å². The van der Waals surface area contributed by atoms with Gasteiger partial charge in [0, 0.05) is 22.9 Å². The molecule has 1 atom stereocenters. The van der Waals surface area contributed by atoms with E-state index >= 15 is 0 Å². The van der Waals surface area contributed by atoms with Gasteiger partial charge in [-0.25, -0.2) is 0 Å². The van der Waals surface area contributed by atoms with E-state index in [4.69, 9.17) is 5.84 Å². The van der Waals surface area contributed by atoms with Gasteiger partial charge in [0.05, 0.1) is 0 Å². The fraction of sp³-hybridized carbons (Fsp3) is 0.267. The van der Waals surface area contributed by atoms with Crippen LogP contribution in [0.3, 0.4) is 0 Å². The third-order valence-electron chi connectivity index (χ3n) is 3.19. The molecule has 0 amide bonds. The molecular formula is C15H18BrN3. The Morgan fingerprint density at radius 2 is 1.89 bits per heavy atom. The summed E-state index contributed by atoms with van der Waals surface area (Å²) in [6, 6.07) is 12.6. The standard InChI is InChI=1S/C15H18BrN3/c16-15-4-2-1-3-13(15)11-14(19-17)6-5-12-7-9-18-10-8-12/h1-4,7-10,14,19H,5-6,11,17H2. The van der Waals surface area contributed by atoms with Crippen molar-refractivity contribution in [2.24, 2.45) is 5.84 Å². The second kappa shape index (κ2) is 7.38. The third kappa shape index (κ3) is 4.42. The van der Waals surface area contributed by atoms with Crippen LogP contribution in [0.5, 0.6) is 0 Å². The topological polar surface area (TPSA) is 50.9 Å². The smallest absolute Gasteiger partial charge is 0.0270 e. The van der Waals surface area contributed by atoms with Crippen molar-refractivity contribution in [3.05, 3.63) is 64.4 Å². The van der Waals surface area contributed by atoms with E-state index in [1.807, 2.05) is 30.6 Å². The molecule has 4 heteroatoms. The van der Waals surface area contributed by atoms with Crippen LogP contribution < -0.4 is 11.3 Å². The molecule has 0 aliphatic carbocycles. The van der Waals surface area contributed by atoms with E-state index in [9.17, 15) is 0 Å². The maximum Gasteiger partial charge on any atom is 0.0270 e. The predicted octanol–water partition coefficient (Wildman–Crippen LogP) is 2.85. The molecule has 0 spiro atoms. The predicted molar refractivity (Wildman–Crippen MR) is 81.5 cm³/mol. The summed E-state index contributed by atoms with van der Waals surface area (Å²) in [7, 11) is 0. The van der Waals surface area contributed by atoms with Crippen LogP contribution in [0.4, 0.5) is 0 Å². The van der Waals surface area contributed by atoms with Crippen LogP contribution in [-0.4, -0.2) is 11.0 Å². The van der Waals surface area contributed by atoms with Gasteiger partial charge in [-0.1, -0.05) is 34.1 Å². The maximum atomic E-state index is 5.66. The summed E-state index contributed by atoms with van der Waals surface area (Å²) >= 11 is 3.57. The van der Waals surface area contributed by atoms with Crippen LogP contribution in [0.2, 0.25) is 0 Å². The Hall–Kier alpha value is -1.23. The summed E-state index contributed by atoms with van der Waals surface area (Å²) in [6.07, 6.45) is 6.58. The molecule has 1 aromatic carbocycles. The Morgan fingerprint density at radius 1 is 1.16 bits per heavy atom. The maximum absolute atomic E-state index is 5.66. The molecule has 1 unspecified atom stereocenters. The number of rotatable bonds is 6.